The highest BCUT2D eigenvalue weighted by Gasteiger charge is 2.22. The molecule has 1 aromatic carbocycles. The number of benzene rings is 1. The molecule has 2 nitrogen and oxygen atoms in total. The van der Waals surface area contributed by atoms with Gasteiger partial charge in [0.1, 0.15) is 5.37 Å². The molecule has 0 fully saturated rings. The van der Waals surface area contributed by atoms with Crippen LogP contribution in [0.2, 0.25) is 0 Å². The van der Waals surface area contributed by atoms with E-state index < -0.39 is 0 Å². The average Bonchev–Trinajstić information content (AvgIpc) is 2.49. The van der Waals surface area contributed by atoms with Crippen LogP contribution in [0.15, 0.2) is 36.0 Å². The summed E-state index contributed by atoms with van der Waals surface area (Å²) >= 11 is 0. The second kappa shape index (κ2) is 3.65. The molecule has 0 saturated carbocycles. The molecule has 13 heavy (non-hydrogen) atoms. The molecule has 0 bridgehead atoms. The van der Waals surface area contributed by atoms with Crippen LogP contribution < -0.4 is 11.5 Å². The van der Waals surface area contributed by atoms with E-state index in [-0.39, 0.29) is 5.37 Å². The van der Waals surface area contributed by atoms with Crippen LogP contribution in [0.4, 0.5) is 0 Å². The summed E-state index contributed by atoms with van der Waals surface area (Å²) in [4.78, 5) is 1.11. The van der Waals surface area contributed by atoms with Crippen molar-refractivity contribution in [2.24, 2.45) is 11.5 Å². The molecule has 1 aromatic rings. The lowest BCUT2D eigenvalue weighted by Gasteiger charge is -2.02. The Morgan fingerprint density at radius 1 is 1.15 bits per heavy atom. The normalized spacial score (nSPS) is 22.4. The summed E-state index contributed by atoms with van der Waals surface area (Å²) in [6, 6.07) is 10.1. The van der Waals surface area contributed by atoms with Gasteiger partial charge < -0.3 is 11.5 Å². The average molecular weight is 210 g/mol. The first-order chi connectivity index (χ1) is 6.29. The van der Waals surface area contributed by atoms with Crippen molar-refractivity contribution in [2.45, 2.75) is 5.37 Å². The Labute approximate surface area is 85.2 Å². The Morgan fingerprint density at radius 2 is 1.85 bits per heavy atom. The fourth-order valence-electron chi connectivity index (χ4n) is 1.13. The molecule has 0 aromatic heterocycles. The summed E-state index contributed by atoms with van der Waals surface area (Å²) in [6.45, 7) is 0. The maximum absolute atomic E-state index is 5.87. The molecule has 0 saturated heterocycles. The lowest BCUT2D eigenvalue weighted by atomic mass is 10.2. The maximum Gasteiger partial charge on any atom is 0.103 e. The summed E-state index contributed by atoms with van der Waals surface area (Å²) in [5, 5.41) is -0.0554. The van der Waals surface area contributed by atoms with Crippen LogP contribution in [0.3, 0.4) is 0 Å². The topological polar surface area (TPSA) is 52.0 Å². The van der Waals surface area contributed by atoms with Crippen LogP contribution in [-0.2, 0) is 0 Å². The van der Waals surface area contributed by atoms with Gasteiger partial charge in [-0.3, -0.25) is 0 Å². The zero-order valence-electron chi connectivity index (χ0n) is 6.94. The van der Waals surface area contributed by atoms with Crippen molar-refractivity contribution in [3.63, 3.8) is 0 Å². The highest BCUT2D eigenvalue weighted by Crippen LogP contribution is 2.47. The van der Waals surface area contributed by atoms with E-state index in [1.165, 1.54) is 0 Å². The lowest BCUT2D eigenvalue weighted by Crippen LogP contribution is -2.20. The van der Waals surface area contributed by atoms with Crippen LogP contribution in [0.25, 0.3) is 4.91 Å². The SMILES string of the molecule is NC1=C(c2ccccc2)SSC1N. The van der Waals surface area contributed by atoms with Gasteiger partial charge in [-0.05, 0) is 5.56 Å². The van der Waals surface area contributed by atoms with Crippen molar-refractivity contribution < 1.29 is 0 Å². The molecule has 0 amide bonds. The Morgan fingerprint density at radius 3 is 2.38 bits per heavy atom. The second-order valence-corrected chi connectivity index (χ2v) is 5.10. The van der Waals surface area contributed by atoms with E-state index in [9.17, 15) is 0 Å². The largest absolute Gasteiger partial charge is 0.399 e. The predicted octanol–water partition coefficient (Wildman–Crippen LogP) is 1.99. The molecule has 1 aliphatic heterocycles. The number of nitrogens with two attached hydrogens (primary N) is 2. The van der Waals surface area contributed by atoms with Gasteiger partial charge in [-0.2, -0.15) is 0 Å². The van der Waals surface area contributed by atoms with Crippen LogP contribution in [0.5, 0.6) is 0 Å². The summed E-state index contributed by atoms with van der Waals surface area (Å²) in [6.07, 6.45) is 0. The lowest BCUT2D eigenvalue weighted by molar-refractivity contribution is 1.06. The van der Waals surface area contributed by atoms with Crippen molar-refractivity contribution in [1.82, 2.24) is 0 Å². The maximum atomic E-state index is 5.87. The van der Waals surface area contributed by atoms with Crippen LogP contribution in [0.1, 0.15) is 5.56 Å². The van der Waals surface area contributed by atoms with Gasteiger partial charge in [-0.15, -0.1) is 0 Å². The van der Waals surface area contributed by atoms with Crippen LogP contribution in [0, 0.1) is 0 Å². The van der Waals surface area contributed by atoms with E-state index in [0.29, 0.717) is 0 Å². The van der Waals surface area contributed by atoms with Gasteiger partial charge >= 0.3 is 0 Å². The highest BCUT2D eigenvalue weighted by molar-refractivity contribution is 8.80. The van der Waals surface area contributed by atoms with Gasteiger partial charge in [-0.25, -0.2) is 0 Å². The zero-order chi connectivity index (χ0) is 9.26. The van der Waals surface area contributed by atoms with E-state index in [2.05, 4.69) is 0 Å². The van der Waals surface area contributed by atoms with Crippen molar-refractivity contribution in [3.8, 4) is 0 Å². The zero-order valence-corrected chi connectivity index (χ0v) is 8.57. The van der Waals surface area contributed by atoms with Gasteiger partial charge in [0, 0.05) is 4.91 Å². The minimum Gasteiger partial charge on any atom is -0.399 e. The summed E-state index contributed by atoms with van der Waals surface area (Å²) in [5.41, 5.74) is 13.6. The molecule has 1 heterocycles. The summed E-state index contributed by atoms with van der Waals surface area (Å²) < 4.78 is 0. The van der Waals surface area contributed by atoms with E-state index in [1.54, 1.807) is 21.6 Å². The summed E-state index contributed by atoms with van der Waals surface area (Å²) in [5.74, 6) is 0. The molecule has 68 valence electrons. The Hall–Kier alpha value is -0.580. The molecule has 1 unspecified atom stereocenters. The molecular weight excluding hydrogens is 200 g/mol. The number of hydrogen-bond acceptors (Lipinski definition) is 4. The van der Waals surface area contributed by atoms with Crippen molar-refractivity contribution in [1.29, 1.82) is 0 Å². The van der Waals surface area contributed by atoms with Crippen LogP contribution >= 0.6 is 21.6 Å². The molecule has 1 aliphatic rings. The van der Waals surface area contributed by atoms with Gasteiger partial charge in [0.2, 0.25) is 0 Å². The number of rotatable bonds is 1. The van der Waals surface area contributed by atoms with E-state index >= 15 is 0 Å². The minimum atomic E-state index is -0.0554. The fraction of sp³-hybridized carbons (Fsp3) is 0.111. The second-order valence-electron chi connectivity index (χ2n) is 2.75. The molecule has 4 N–H and O–H groups in total. The third-order valence-corrected chi connectivity index (χ3v) is 4.45. The molecule has 0 spiro atoms. The first kappa shape index (κ1) is 8.99. The Kier molecular flexibility index (Phi) is 2.53. The monoisotopic (exact) mass is 210 g/mol. The van der Waals surface area contributed by atoms with Crippen molar-refractivity contribution in [2.75, 3.05) is 0 Å². The minimum absolute atomic E-state index is 0.0554. The van der Waals surface area contributed by atoms with Gasteiger partial charge in [-0.1, -0.05) is 51.9 Å². The highest BCUT2D eigenvalue weighted by atomic mass is 33.1. The number of hydrogen-bond donors (Lipinski definition) is 2. The molecule has 1 atom stereocenters. The van der Waals surface area contributed by atoms with Crippen LogP contribution in [-0.4, -0.2) is 5.37 Å². The van der Waals surface area contributed by atoms with Crippen molar-refractivity contribution >= 4 is 26.5 Å². The van der Waals surface area contributed by atoms with Gasteiger partial charge in [0.25, 0.3) is 0 Å². The first-order valence-corrected chi connectivity index (χ1v) is 6.14. The molecule has 0 radical (unpaired) electrons. The summed E-state index contributed by atoms with van der Waals surface area (Å²) in [7, 11) is 3.26. The Balaban J connectivity index is 2.38. The van der Waals surface area contributed by atoms with Gasteiger partial charge in [0.15, 0.2) is 0 Å². The Bertz CT molecular complexity index is 335. The van der Waals surface area contributed by atoms with E-state index in [4.69, 9.17) is 11.5 Å². The molecular formula is C9H10N2S2. The third-order valence-electron chi connectivity index (χ3n) is 1.84. The third kappa shape index (κ3) is 1.70. The first-order valence-electron chi connectivity index (χ1n) is 3.93. The van der Waals surface area contributed by atoms with Gasteiger partial charge in [0.05, 0.1) is 5.70 Å². The standard InChI is InChI=1S/C9H10N2S2/c10-7-8(12-13-9(7)11)6-4-2-1-3-5-6/h1-5,9H,10-11H2. The van der Waals surface area contributed by atoms with E-state index in [0.717, 1.165) is 16.2 Å². The molecule has 4 heteroatoms. The molecule has 2 rings (SSSR count). The smallest absolute Gasteiger partial charge is 0.103 e. The molecule has 0 aliphatic carbocycles. The quantitative estimate of drug-likeness (QED) is 0.696. The fourth-order valence-corrected chi connectivity index (χ4v) is 3.57. The predicted molar refractivity (Wildman–Crippen MR) is 60.7 cm³/mol. The van der Waals surface area contributed by atoms with E-state index in [1.807, 2.05) is 30.3 Å². The van der Waals surface area contributed by atoms with Crippen molar-refractivity contribution in [3.05, 3.63) is 41.6 Å².